The summed E-state index contributed by atoms with van der Waals surface area (Å²) >= 11 is 3.05. The van der Waals surface area contributed by atoms with Crippen LogP contribution in [0.25, 0.3) is 0 Å². The van der Waals surface area contributed by atoms with Gasteiger partial charge in [0.05, 0.1) is 0 Å². The SMILES string of the molecule is CN1CCCN(C)C1=[Se]. The van der Waals surface area contributed by atoms with E-state index in [0.717, 1.165) is 0 Å². The van der Waals surface area contributed by atoms with Gasteiger partial charge >= 0.3 is 63.6 Å². The summed E-state index contributed by atoms with van der Waals surface area (Å²) in [5.74, 6) is 0. The first-order valence-electron chi connectivity index (χ1n) is 3.18. The van der Waals surface area contributed by atoms with Gasteiger partial charge in [0.25, 0.3) is 0 Å². The van der Waals surface area contributed by atoms with E-state index in [4.69, 9.17) is 0 Å². The van der Waals surface area contributed by atoms with Crippen molar-refractivity contribution >= 4 is 20.2 Å². The van der Waals surface area contributed by atoms with Gasteiger partial charge in [-0.25, -0.2) is 0 Å². The van der Waals surface area contributed by atoms with Crippen molar-refractivity contribution in [2.75, 3.05) is 27.2 Å². The molecule has 0 bridgehead atoms. The van der Waals surface area contributed by atoms with Gasteiger partial charge in [0.1, 0.15) is 0 Å². The second-order valence-corrected chi connectivity index (χ2v) is 3.25. The summed E-state index contributed by atoms with van der Waals surface area (Å²) in [6.45, 7) is 2.37. The van der Waals surface area contributed by atoms with Crippen molar-refractivity contribution in [3.8, 4) is 0 Å². The predicted molar refractivity (Wildman–Crippen MR) is 40.6 cm³/mol. The summed E-state index contributed by atoms with van der Waals surface area (Å²) in [6.07, 6.45) is 1.28. The molecule has 1 aliphatic heterocycles. The molecule has 3 heteroatoms. The van der Waals surface area contributed by atoms with E-state index in [0.29, 0.717) is 0 Å². The van der Waals surface area contributed by atoms with Crippen LogP contribution >= 0.6 is 0 Å². The van der Waals surface area contributed by atoms with E-state index in [-0.39, 0.29) is 0 Å². The first-order valence-corrected chi connectivity index (χ1v) is 4.03. The molecule has 0 N–H and O–H groups in total. The Labute approximate surface area is 64.2 Å². The van der Waals surface area contributed by atoms with Gasteiger partial charge in [-0.1, -0.05) is 0 Å². The molecule has 52 valence electrons. The molecule has 2 nitrogen and oxygen atoms in total. The standard InChI is InChI=1S/C6H12N2Se/c1-7-4-3-5-8(2)6(7)9/h3-5H2,1-2H3. The normalized spacial score (nSPS) is 20.9. The monoisotopic (exact) mass is 192 g/mol. The molecule has 9 heavy (non-hydrogen) atoms. The Bertz CT molecular complexity index is 112. The molecule has 1 aliphatic rings. The third-order valence-corrected chi connectivity index (χ3v) is 2.95. The van der Waals surface area contributed by atoms with E-state index >= 15 is 0 Å². The molecule has 0 aliphatic carbocycles. The van der Waals surface area contributed by atoms with E-state index in [1.54, 1.807) is 0 Å². The van der Waals surface area contributed by atoms with E-state index < -0.39 is 0 Å². The fourth-order valence-electron chi connectivity index (χ4n) is 1.03. The molecule has 1 fully saturated rings. The van der Waals surface area contributed by atoms with E-state index in [2.05, 4.69) is 39.5 Å². The Morgan fingerprint density at radius 3 is 2.00 bits per heavy atom. The zero-order chi connectivity index (χ0) is 6.85. The van der Waals surface area contributed by atoms with Crippen LogP contribution < -0.4 is 0 Å². The van der Waals surface area contributed by atoms with Crippen molar-refractivity contribution in [2.45, 2.75) is 6.42 Å². The van der Waals surface area contributed by atoms with Crippen molar-refractivity contribution in [3.05, 3.63) is 0 Å². The zero-order valence-corrected chi connectivity index (χ0v) is 7.64. The van der Waals surface area contributed by atoms with Crippen molar-refractivity contribution < 1.29 is 0 Å². The fraction of sp³-hybridized carbons (Fsp3) is 0.833. The molecule has 1 saturated heterocycles. The second kappa shape index (κ2) is 2.72. The number of nitrogens with zero attached hydrogens (tertiary/aromatic N) is 2. The molecule has 0 unspecified atom stereocenters. The molecule has 0 spiro atoms. The van der Waals surface area contributed by atoms with E-state index in [9.17, 15) is 0 Å². The number of hydrogen-bond donors (Lipinski definition) is 0. The summed E-state index contributed by atoms with van der Waals surface area (Å²) in [5, 5.41) is 0. The van der Waals surface area contributed by atoms with Crippen LogP contribution in [0, 0.1) is 0 Å². The van der Waals surface area contributed by atoms with Crippen LogP contribution in [0.4, 0.5) is 0 Å². The van der Waals surface area contributed by atoms with Gasteiger partial charge in [-0.3, -0.25) is 0 Å². The van der Waals surface area contributed by atoms with Crippen LogP contribution in [0.3, 0.4) is 0 Å². The summed E-state index contributed by atoms with van der Waals surface area (Å²) in [7, 11) is 4.23. The summed E-state index contributed by atoms with van der Waals surface area (Å²) in [5.41, 5.74) is 0. The molecule has 0 aromatic carbocycles. The first-order chi connectivity index (χ1) is 4.22. The minimum absolute atomic E-state index is 1.19. The molecule has 0 atom stereocenters. The average molecular weight is 191 g/mol. The average Bonchev–Trinajstić information content (AvgIpc) is 1.83. The third kappa shape index (κ3) is 1.46. The summed E-state index contributed by atoms with van der Waals surface area (Å²) < 4.78 is 1.27. The molecular weight excluding hydrogens is 179 g/mol. The molecule has 0 saturated carbocycles. The summed E-state index contributed by atoms with van der Waals surface area (Å²) in [6, 6.07) is 0. The first kappa shape index (κ1) is 7.10. The molecule has 0 radical (unpaired) electrons. The van der Waals surface area contributed by atoms with Crippen LogP contribution in [0.5, 0.6) is 0 Å². The van der Waals surface area contributed by atoms with Gasteiger partial charge in [0, 0.05) is 0 Å². The predicted octanol–water partition coefficient (Wildman–Crippen LogP) is -0.490. The summed E-state index contributed by atoms with van der Waals surface area (Å²) in [4.78, 5) is 4.48. The van der Waals surface area contributed by atoms with Gasteiger partial charge in [-0.05, 0) is 0 Å². The molecular formula is C6H12N2Se. The minimum atomic E-state index is 1.19. The van der Waals surface area contributed by atoms with Crippen molar-refractivity contribution in [2.24, 2.45) is 0 Å². The van der Waals surface area contributed by atoms with E-state index in [1.807, 2.05) is 0 Å². The van der Waals surface area contributed by atoms with Crippen LogP contribution in [-0.4, -0.2) is 57.2 Å². The maximum absolute atomic E-state index is 3.05. The zero-order valence-electron chi connectivity index (χ0n) is 5.92. The van der Waals surface area contributed by atoms with Crippen molar-refractivity contribution in [1.29, 1.82) is 0 Å². The Morgan fingerprint density at radius 1 is 1.22 bits per heavy atom. The van der Waals surface area contributed by atoms with Crippen molar-refractivity contribution in [1.82, 2.24) is 9.80 Å². The topological polar surface area (TPSA) is 6.48 Å². The van der Waals surface area contributed by atoms with Gasteiger partial charge in [-0.2, -0.15) is 0 Å². The van der Waals surface area contributed by atoms with Gasteiger partial charge in [0.2, 0.25) is 0 Å². The Morgan fingerprint density at radius 2 is 1.67 bits per heavy atom. The van der Waals surface area contributed by atoms with Gasteiger partial charge in [-0.15, -0.1) is 0 Å². The maximum atomic E-state index is 3.05. The van der Waals surface area contributed by atoms with Crippen LogP contribution in [-0.2, 0) is 0 Å². The molecule has 1 heterocycles. The molecule has 0 aromatic heterocycles. The fourth-order valence-corrected chi connectivity index (χ4v) is 1.41. The second-order valence-electron chi connectivity index (χ2n) is 2.48. The van der Waals surface area contributed by atoms with Crippen LogP contribution in [0.2, 0.25) is 0 Å². The van der Waals surface area contributed by atoms with Crippen LogP contribution in [0.1, 0.15) is 6.42 Å². The van der Waals surface area contributed by atoms with E-state index in [1.165, 1.54) is 24.2 Å². The molecule has 0 amide bonds. The Kier molecular flexibility index (Phi) is 2.14. The van der Waals surface area contributed by atoms with Crippen molar-refractivity contribution in [3.63, 3.8) is 0 Å². The Hall–Kier alpha value is -0.0105. The van der Waals surface area contributed by atoms with Gasteiger partial charge < -0.3 is 0 Å². The third-order valence-electron chi connectivity index (χ3n) is 1.64. The van der Waals surface area contributed by atoms with Crippen LogP contribution in [0.15, 0.2) is 0 Å². The quantitative estimate of drug-likeness (QED) is 0.477. The number of hydrogen-bond acceptors (Lipinski definition) is 2. The molecule has 1 rings (SSSR count). The molecule has 0 aromatic rings. The Balaban J connectivity index is 2.52. The van der Waals surface area contributed by atoms with Gasteiger partial charge in [0.15, 0.2) is 0 Å². The number of rotatable bonds is 0.